The summed E-state index contributed by atoms with van der Waals surface area (Å²) in [5.41, 5.74) is 1.86. The van der Waals surface area contributed by atoms with Crippen LogP contribution >= 0.6 is 0 Å². The maximum atomic E-state index is 13.1. The molecule has 0 aliphatic heterocycles. The summed E-state index contributed by atoms with van der Waals surface area (Å²) in [6, 6.07) is 1.85. The maximum absolute atomic E-state index is 13.1. The number of hydrazine groups is 1. The van der Waals surface area contributed by atoms with Gasteiger partial charge >= 0.3 is 0 Å². The molecule has 14 heavy (non-hydrogen) atoms. The predicted octanol–water partition coefficient (Wildman–Crippen LogP) is 0.944. The Kier molecular flexibility index (Phi) is 3.08. The largest absolute Gasteiger partial charge is 0.308 e. The van der Waals surface area contributed by atoms with E-state index in [-0.39, 0.29) is 11.4 Å². The zero-order valence-electron chi connectivity index (χ0n) is 7.31. The Morgan fingerprint density at radius 2 is 1.93 bits per heavy atom. The predicted molar refractivity (Wildman–Crippen MR) is 46.1 cm³/mol. The van der Waals surface area contributed by atoms with E-state index in [0.29, 0.717) is 0 Å². The van der Waals surface area contributed by atoms with Crippen molar-refractivity contribution in [2.24, 2.45) is 10.8 Å². The molecule has 1 aromatic carbocycles. The number of nitrogens with one attached hydrogen (secondary N) is 1. The third-order valence-electron chi connectivity index (χ3n) is 1.65. The van der Waals surface area contributed by atoms with Crippen molar-refractivity contribution in [3.63, 3.8) is 0 Å². The summed E-state index contributed by atoms with van der Waals surface area (Å²) in [4.78, 5) is 3.56. The van der Waals surface area contributed by atoms with Crippen molar-refractivity contribution in [2.45, 2.75) is 0 Å². The Morgan fingerprint density at radius 3 is 2.43 bits per heavy atom. The standard InChI is InChI=1S/C8H8F3N3/c1-13-8(14-12)4-2-3-5(9)7(11)6(4)10/h2-3H,12H2,1H3,(H,13,14). The number of hydrogen-bond acceptors (Lipinski definition) is 2. The topological polar surface area (TPSA) is 50.4 Å². The minimum atomic E-state index is -1.54. The van der Waals surface area contributed by atoms with Gasteiger partial charge in [0.1, 0.15) is 5.84 Å². The summed E-state index contributed by atoms with van der Waals surface area (Å²) in [6.45, 7) is 0. The second-order valence-electron chi connectivity index (χ2n) is 2.44. The highest BCUT2D eigenvalue weighted by Gasteiger charge is 2.16. The molecule has 0 spiro atoms. The van der Waals surface area contributed by atoms with Gasteiger partial charge in [-0.15, -0.1) is 0 Å². The molecule has 0 saturated carbocycles. The Balaban J connectivity index is 3.30. The molecule has 6 heteroatoms. The molecule has 0 saturated heterocycles. The minimum Gasteiger partial charge on any atom is -0.308 e. The maximum Gasteiger partial charge on any atom is 0.195 e. The summed E-state index contributed by atoms with van der Waals surface area (Å²) in [5.74, 6) is 0.844. The SMILES string of the molecule is CN=C(NN)c1ccc(F)c(F)c1F. The van der Waals surface area contributed by atoms with Crippen LogP contribution < -0.4 is 11.3 Å². The quantitative estimate of drug-likeness (QED) is 0.235. The normalized spacial score (nSPS) is 11.6. The second kappa shape index (κ2) is 4.10. The third kappa shape index (κ3) is 1.69. The smallest absolute Gasteiger partial charge is 0.195 e. The highest BCUT2D eigenvalue weighted by atomic mass is 19.2. The molecule has 0 aliphatic carbocycles. The minimum absolute atomic E-state index is 0.0543. The molecule has 0 aliphatic rings. The van der Waals surface area contributed by atoms with E-state index in [1.54, 1.807) is 0 Å². The van der Waals surface area contributed by atoms with Crippen LogP contribution in [0.4, 0.5) is 13.2 Å². The molecule has 0 aromatic heterocycles. The van der Waals surface area contributed by atoms with Crippen LogP contribution in [0.3, 0.4) is 0 Å². The fourth-order valence-corrected chi connectivity index (χ4v) is 0.972. The molecule has 0 unspecified atom stereocenters. The molecule has 0 amide bonds. The number of halogens is 3. The first kappa shape index (κ1) is 10.5. The van der Waals surface area contributed by atoms with Crippen molar-refractivity contribution in [1.29, 1.82) is 0 Å². The van der Waals surface area contributed by atoms with Gasteiger partial charge in [-0.25, -0.2) is 19.0 Å². The van der Waals surface area contributed by atoms with Gasteiger partial charge in [-0.3, -0.25) is 4.99 Å². The van der Waals surface area contributed by atoms with Gasteiger partial charge in [0.05, 0.1) is 5.56 Å². The van der Waals surface area contributed by atoms with Gasteiger partial charge in [-0.2, -0.15) is 0 Å². The van der Waals surface area contributed by atoms with Crippen LogP contribution in [-0.2, 0) is 0 Å². The lowest BCUT2D eigenvalue weighted by Gasteiger charge is -2.06. The Hall–Kier alpha value is -1.56. The molecular formula is C8H8F3N3. The first-order chi connectivity index (χ1) is 6.61. The number of amidine groups is 1. The lowest BCUT2D eigenvalue weighted by molar-refractivity contribution is 0.446. The van der Waals surface area contributed by atoms with E-state index in [1.165, 1.54) is 7.05 Å². The summed E-state index contributed by atoms with van der Waals surface area (Å²) in [7, 11) is 1.34. The van der Waals surface area contributed by atoms with E-state index in [0.717, 1.165) is 12.1 Å². The van der Waals surface area contributed by atoms with E-state index in [2.05, 4.69) is 10.4 Å². The van der Waals surface area contributed by atoms with Gasteiger partial charge in [0.2, 0.25) is 0 Å². The van der Waals surface area contributed by atoms with Crippen LogP contribution in [0.15, 0.2) is 17.1 Å². The molecule has 1 rings (SSSR count). The number of nitrogens with two attached hydrogens (primary N) is 1. The molecule has 3 nitrogen and oxygen atoms in total. The third-order valence-corrected chi connectivity index (χ3v) is 1.65. The number of hydrogen-bond donors (Lipinski definition) is 2. The van der Waals surface area contributed by atoms with Gasteiger partial charge in [-0.1, -0.05) is 0 Å². The Labute approximate surface area is 78.4 Å². The van der Waals surface area contributed by atoms with Gasteiger partial charge < -0.3 is 5.43 Å². The van der Waals surface area contributed by atoms with Crippen LogP contribution in [0.2, 0.25) is 0 Å². The van der Waals surface area contributed by atoms with Crippen molar-refractivity contribution in [2.75, 3.05) is 7.05 Å². The van der Waals surface area contributed by atoms with E-state index in [4.69, 9.17) is 5.84 Å². The molecule has 0 radical (unpaired) electrons. The van der Waals surface area contributed by atoms with Crippen molar-refractivity contribution in [1.82, 2.24) is 5.43 Å². The molecule has 0 bridgehead atoms. The molecule has 1 aromatic rings. The number of benzene rings is 1. The summed E-state index contributed by atoms with van der Waals surface area (Å²) in [6.07, 6.45) is 0. The van der Waals surface area contributed by atoms with Crippen LogP contribution in [0.1, 0.15) is 5.56 Å². The zero-order chi connectivity index (χ0) is 10.7. The van der Waals surface area contributed by atoms with Crippen molar-refractivity contribution >= 4 is 5.84 Å². The average molecular weight is 203 g/mol. The molecular weight excluding hydrogens is 195 g/mol. The van der Waals surface area contributed by atoms with Crippen LogP contribution in [-0.4, -0.2) is 12.9 Å². The fraction of sp³-hybridized carbons (Fsp3) is 0.125. The summed E-state index contributed by atoms with van der Waals surface area (Å²) in [5, 5.41) is 0. The average Bonchev–Trinajstić information content (AvgIpc) is 2.19. The van der Waals surface area contributed by atoms with E-state index in [1.807, 2.05) is 0 Å². The molecule has 76 valence electrons. The Bertz CT molecular complexity index is 376. The van der Waals surface area contributed by atoms with Gasteiger partial charge in [0.15, 0.2) is 17.5 Å². The molecule has 0 fully saturated rings. The first-order valence-electron chi connectivity index (χ1n) is 3.69. The number of rotatable bonds is 1. The van der Waals surface area contributed by atoms with Crippen LogP contribution in [0.5, 0.6) is 0 Å². The van der Waals surface area contributed by atoms with Crippen molar-refractivity contribution in [3.8, 4) is 0 Å². The van der Waals surface area contributed by atoms with Crippen LogP contribution in [0.25, 0.3) is 0 Å². The molecule has 0 heterocycles. The van der Waals surface area contributed by atoms with E-state index >= 15 is 0 Å². The van der Waals surface area contributed by atoms with Gasteiger partial charge in [-0.05, 0) is 12.1 Å². The van der Waals surface area contributed by atoms with Crippen molar-refractivity contribution in [3.05, 3.63) is 35.1 Å². The van der Waals surface area contributed by atoms with Gasteiger partial charge in [0.25, 0.3) is 0 Å². The number of nitrogens with zero attached hydrogens (tertiary/aromatic N) is 1. The zero-order valence-corrected chi connectivity index (χ0v) is 7.31. The van der Waals surface area contributed by atoms with E-state index in [9.17, 15) is 13.2 Å². The summed E-state index contributed by atoms with van der Waals surface area (Å²) >= 11 is 0. The first-order valence-corrected chi connectivity index (χ1v) is 3.69. The fourth-order valence-electron chi connectivity index (χ4n) is 0.972. The van der Waals surface area contributed by atoms with Crippen molar-refractivity contribution < 1.29 is 13.2 Å². The Morgan fingerprint density at radius 1 is 1.29 bits per heavy atom. The second-order valence-corrected chi connectivity index (χ2v) is 2.44. The highest BCUT2D eigenvalue weighted by molar-refractivity contribution is 5.98. The van der Waals surface area contributed by atoms with E-state index < -0.39 is 17.5 Å². The van der Waals surface area contributed by atoms with Gasteiger partial charge in [0, 0.05) is 7.05 Å². The number of aliphatic imine (C=N–C) groups is 1. The lowest BCUT2D eigenvalue weighted by Crippen LogP contribution is -2.32. The lowest BCUT2D eigenvalue weighted by atomic mass is 10.2. The summed E-state index contributed by atoms with van der Waals surface area (Å²) < 4.78 is 38.4. The molecule has 0 atom stereocenters. The monoisotopic (exact) mass is 203 g/mol. The highest BCUT2D eigenvalue weighted by Crippen LogP contribution is 2.14. The van der Waals surface area contributed by atoms with Crippen LogP contribution in [0, 0.1) is 17.5 Å². The molecule has 3 N–H and O–H groups in total.